The summed E-state index contributed by atoms with van der Waals surface area (Å²) in [5, 5.41) is 17.1. The van der Waals surface area contributed by atoms with Gasteiger partial charge in [0.2, 0.25) is 0 Å². The summed E-state index contributed by atoms with van der Waals surface area (Å²) in [5.74, 6) is 0.903. The third kappa shape index (κ3) is 2.39. The van der Waals surface area contributed by atoms with Crippen molar-refractivity contribution in [3.05, 3.63) is 30.1 Å². The number of nitrogens with one attached hydrogen (secondary N) is 2. The Labute approximate surface area is 97.9 Å². The minimum atomic E-state index is -0.316. The maximum atomic E-state index is 11.8. The largest absolute Gasteiger partial charge is 0.372 e. The molecule has 0 radical (unpaired) electrons. The Bertz CT molecular complexity index is 518. The summed E-state index contributed by atoms with van der Waals surface area (Å²) in [6.07, 6.45) is 1.60. The summed E-state index contributed by atoms with van der Waals surface area (Å²) in [6.45, 7) is 0. The molecule has 0 saturated carbocycles. The van der Waals surface area contributed by atoms with Crippen molar-refractivity contribution in [2.75, 3.05) is 17.7 Å². The minimum absolute atomic E-state index is 0.255. The summed E-state index contributed by atoms with van der Waals surface area (Å²) in [5.41, 5.74) is 0.255. The molecule has 2 aromatic heterocycles. The normalized spacial score (nSPS) is 10.0. The highest BCUT2D eigenvalue weighted by Crippen LogP contribution is 2.06. The van der Waals surface area contributed by atoms with Gasteiger partial charge in [0.1, 0.15) is 11.6 Å². The molecule has 0 aliphatic carbocycles. The number of hydrogen-bond acceptors (Lipinski definition) is 5. The van der Waals surface area contributed by atoms with Crippen LogP contribution in [0.15, 0.2) is 24.4 Å². The van der Waals surface area contributed by atoms with Gasteiger partial charge >= 0.3 is 0 Å². The molecule has 0 fully saturated rings. The minimum Gasteiger partial charge on any atom is -0.372 e. The highest BCUT2D eigenvalue weighted by atomic mass is 16.2. The van der Waals surface area contributed by atoms with Gasteiger partial charge in [0.25, 0.3) is 5.91 Å². The lowest BCUT2D eigenvalue weighted by molar-refractivity contribution is 0.102. The monoisotopic (exact) mass is 232 g/mol. The van der Waals surface area contributed by atoms with E-state index in [0.29, 0.717) is 11.6 Å². The van der Waals surface area contributed by atoms with Crippen LogP contribution < -0.4 is 10.6 Å². The van der Waals surface area contributed by atoms with E-state index in [9.17, 15) is 4.79 Å². The van der Waals surface area contributed by atoms with E-state index in [1.54, 1.807) is 43.2 Å². The molecule has 2 N–H and O–H groups in total. The first-order valence-corrected chi connectivity index (χ1v) is 5.01. The molecular formula is C10H12N6O. The highest BCUT2D eigenvalue weighted by Gasteiger charge is 2.09. The second-order valence-electron chi connectivity index (χ2n) is 3.35. The van der Waals surface area contributed by atoms with Crippen molar-refractivity contribution in [1.29, 1.82) is 0 Å². The van der Waals surface area contributed by atoms with E-state index in [0.717, 1.165) is 0 Å². The molecule has 0 aromatic carbocycles. The zero-order chi connectivity index (χ0) is 12.3. The third-order valence-corrected chi connectivity index (χ3v) is 2.22. The van der Waals surface area contributed by atoms with E-state index in [1.807, 2.05) is 0 Å². The number of anilines is 2. The SMILES string of the molecule is CNc1ccc(C(=O)Nc2ccnn2C)nn1. The van der Waals surface area contributed by atoms with Crippen LogP contribution in [-0.4, -0.2) is 32.9 Å². The predicted molar refractivity (Wildman–Crippen MR) is 62.7 cm³/mol. The van der Waals surface area contributed by atoms with Crippen molar-refractivity contribution < 1.29 is 4.79 Å². The average molecular weight is 232 g/mol. The molecule has 88 valence electrons. The van der Waals surface area contributed by atoms with Gasteiger partial charge in [-0.05, 0) is 12.1 Å². The zero-order valence-electron chi connectivity index (χ0n) is 9.51. The molecule has 0 saturated heterocycles. The van der Waals surface area contributed by atoms with Gasteiger partial charge in [0.05, 0.1) is 6.20 Å². The maximum Gasteiger partial charge on any atom is 0.277 e. The van der Waals surface area contributed by atoms with E-state index in [4.69, 9.17) is 0 Å². The van der Waals surface area contributed by atoms with Crippen LogP contribution in [0.25, 0.3) is 0 Å². The molecule has 17 heavy (non-hydrogen) atoms. The fourth-order valence-corrected chi connectivity index (χ4v) is 1.26. The molecule has 7 nitrogen and oxygen atoms in total. The molecule has 0 bridgehead atoms. The first-order chi connectivity index (χ1) is 8.20. The Morgan fingerprint density at radius 2 is 2.12 bits per heavy atom. The first kappa shape index (κ1) is 11.1. The average Bonchev–Trinajstić information content (AvgIpc) is 2.75. The van der Waals surface area contributed by atoms with E-state index < -0.39 is 0 Å². The number of nitrogens with zero attached hydrogens (tertiary/aromatic N) is 4. The quantitative estimate of drug-likeness (QED) is 0.805. The Kier molecular flexibility index (Phi) is 2.99. The van der Waals surface area contributed by atoms with Gasteiger partial charge in [-0.25, -0.2) is 0 Å². The van der Waals surface area contributed by atoms with E-state index >= 15 is 0 Å². The van der Waals surface area contributed by atoms with Crippen molar-refractivity contribution in [2.24, 2.45) is 7.05 Å². The lowest BCUT2D eigenvalue weighted by Crippen LogP contribution is -2.16. The van der Waals surface area contributed by atoms with E-state index in [2.05, 4.69) is 25.9 Å². The molecule has 0 spiro atoms. The molecule has 2 aromatic rings. The van der Waals surface area contributed by atoms with E-state index in [1.165, 1.54) is 0 Å². The number of carbonyl (C=O) groups is 1. The molecule has 0 aliphatic heterocycles. The number of carbonyl (C=O) groups excluding carboxylic acids is 1. The first-order valence-electron chi connectivity index (χ1n) is 5.01. The van der Waals surface area contributed by atoms with Gasteiger partial charge in [-0.1, -0.05) is 0 Å². The van der Waals surface area contributed by atoms with Crippen molar-refractivity contribution in [1.82, 2.24) is 20.0 Å². The van der Waals surface area contributed by atoms with Gasteiger partial charge in [-0.2, -0.15) is 5.10 Å². The molecular weight excluding hydrogens is 220 g/mol. The van der Waals surface area contributed by atoms with Crippen molar-refractivity contribution in [3.63, 3.8) is 0 Å². The second-order valence-corrected chi connectivity index (χ2v) is 3.35. The van der Waals surface area contributed by atoms with Gasteiger partial charge < -0.3 is 10.6 Å². The molecule has 0 atom stereocenters. The van der Waals surface area contributed by atoms with Crippen LogP contribution in [0.4, 0.5) is 11.6 Å². The molecule has 2 rings (SSSR count). The fraction of sp³-hybridized carbons (Fsp3) is 0.200. The number of aryl methyl sites for hydroxylation is 1. The second kappa shape index (κ2) is 4.60. The lowest BCUT2D eigenvalue weighted by atomic mass is 10.3. The van der Waals surface area contributed by atoms with Crippen LogP contribution in [0.5, 0.6) is 0 Å². The predicted octanol–water partition coefficient (Wildman–Crippen LogP) is 0.504. The van der Waals surface area contributed by atoms with Crippen LogP contribution in [0, 0.1) is 0 Å². The Hall–Kier alpha value is -2.44. The number of hydrogen-bond donors (Lipinski definition) is 2. The number of rotatable bonds is 3. The van der Waals surface area contributed by atoms with Gasteiger partial charge in [-0.3, -0.25) is 9.48 Å². The summed E-state index contributed by atoms with van der Waals surface area (Å²) in [7, 11) is 3.48. The van der Waals surface area contributed by atoms with Gasteiger partial charge in [0.15, 0.2) is 5.69 Å². The Balaban J connectivity index is 2.12. The maximum absolute atomic E-state index is 11.8. The third-order valence-electron chi connectivity index (χ3n) is 2.22. The summed E-state index contributed by atoms with van der Waals surface area (Å²) >= 11 is 0. The van der Waals surface area contributed by atoms with Gasteiger partial charge in [0, 0.05) is 20.2 Å². The summed E-state index contributed by atoms with van der Waals surface area (Å²) in [4.78, 5) is 11.8. The summed E-state index contributed by atoms with van der Waals surface area (Å²) in [6, 6.07) is 4.99. The topological polar surface area (TPSA) is 84.7 Å². The van der Waals surface area contributed by atoms with Crippen molar-refractivity contribution in [3.8, 4) is 0 Å². The lowest BCUT2D eigenvalue weighted by Gasteiger charge is -2.04. The Morgan fingerprint density at radius 3 is 2.65 bits per heavy atom. The van der Waals surface area contributed by atoms with Crippen molar-refractivity contribution >= 4 is 17.5 Å². The molecule has 1 amide bonds. The zero-order valence-corrected chi connectivity index (χ0v) is 9.51. The van der Waals surface area contributed by atoms with Crippen LogP contribution in [-0.2, 0) is 7.05 Å². The number of aromatic nitrogens is 4. The van der Waals surface area contributed by atoms with Crippen molar-refractivity contribution in [2.45, 2.75) is 0 Å². The fourth-order valence-electron chi connectivity index (χ4n) is 1.26. The number of amides is 1. The molecule has 0 unspecified atom stereocenters. The van der Waals surface area contributed by atoms with Crippen LogP contribution >= 0.6 is 0 Å². The van der Waals surface area contributed by atoms with Crippen LogP contribution in [0.3, 0.4) is 0 Å². The standard InChI is InChI=1S/C10H12N6O/c1-11-8-4-3-7(14-15-8)10(17)13-9-5-6-12-16(9)2/h3-6H,1-2H3,(H,11,15)(H,13,17). The highest BCUT2D eigenvalue weighted by molar-refractivity contribution is 6.02. The van der Waals surface area contributed by atoms with Crippen LogP contribution in [0.2, 0.25) is 0 Å². The molecule has 0 aliphatic rings. The van der Waals surface area contributed by atoms with Crippen LogP contribution in [0.1, 0.15) is 10.5 Å². The summed E-state index contributed by atoms with van der Waals surface area (Å²) < 4.78 is 1.56. The molecule has 2 heterocycles. The Morgan fingerprint density at radius 1 is 1.29 bits per heavy atom. The van der Waals surface area contributed by atoms with E-state index in [-0.39, 0.29) is 11.6 Å². The smallest absolute Gasteiger partial charge is 0.277 e. The molecule has 7 heteroatoms. The van der Waals surface area contributed by atoms with Gasteiger partial charge in [-0.15, -0.1) is 10.2 Å².